The molecule has 0 atom stereocenters. The lowest BCUT2D eigenvalue weighted by Gasteiger charge is -2.13. The summed E-state index contributed by atoms with van der Waals surface area (Å²) in [6.45, 7) is 0.624. The molecule has 3 rings (SSSR count). The van der Waals surface area contributed by atoms with Crippen LogP contribution >= 0.6 is 0 Å². The molecule has 1 aliphatic carbocycles. The highest BCUT2D eigenvalue weighted by Crippen LogP contribution is 2.20. The minimum absolute atomic E-state index is 0.180. The molecule has 2 N–H and O–H groups in total. The van der Waals surface area contributed by atoms with Crippen LogP contribution in [0.4, 0.5) is 11.4 Å². The summed E-state index contributed by atoms with van der Waals surface area (Å²) < 4.78 is 4.69. The highest BCUT2D eigenvalue weighted by atomic mass is 16.5. The van der Waals surface area contributed by atoms with Crippen molar-refractivity contribution < 1.29 is 14.3 Å². The molecule has 1 aliphatic rings. The van der Waals surface area contributed by atoms with Crippen molar-refractivity contribution in [3.05, 3.63) is 65.5 Å². The van der Waals surface area contributed by atoms with Crippen molar-refractivity contribution in [3.63, 3.8) is 0 Å². The van der Waals surface area contributed by atoms with Crippen molar-refractivity contribution in [2.24, 2.45) is 0 Å². The molecular weight excluding hydrogens is 354 g/mol. The van der Waals surface area contributed by atoms with E-state index in [-0.39, 0.29) is 11.9 Å². The van der Waals surface area contributed by atoms with Crippen LogP contribution in [0.5, 0.6) is 0 Å². The van der Waals surface area contributed by atoms with E-state index in [4.69, 9.17) is 4.74 Å². The Labute approximate surface area is 165 Å². The number of methoxy groups -OCH3 is 1. The first-order valence-electron chi connectivity index (χ1n) is 9.53. The van der Waals surface area contributed by atoms with Gasteiger partial charge in [0.15, 0.2) is 0 Å². The number of rotatable bonds is 7. The first-order chi connectivity index (χ1) is 13.7. The third-order valence-electron chi connectivity index (χ3n) is 4.70. The molecular formula is C22H25N3O3. The summed E-state index contributed by atoms with van der Waals surface area (Å²) in [4.78, 5) is 28.0. The van der Waals surface area contributed by atoms with E-state index in [0.29, 0.717) is 17.8 Å². The Morgan fingerprint density at radius 2 is 1.93 bits per heavy atom. The van der Waals surface area contributed by atoms with Crippen molar-refractivity contribution in [3.8, 4) is 0 Å². The Balaban J connectivity index is 1.56. The third kappa shape index (κ3) is 5.42. The van der Waals surface area contributed by atoms with Gasteiger partial charge in [-0.1, -0.05) is 11.6 Å². The van der Waals surface area contributed by atoms with E-state index in [1.807, 2.05) is 0 Å². The molecule has 28 heavy (non-hydrogen) atoms. The minimum atomic E-state index is -0.376. The van der Waals surface area contributed by atoms with Crippen LogP contribution < -0.4 is 10.6 Å². The normalized spacial score (nSPS) is 13.4. The number of hydrogen-bond acceptors (Lipinski definition) is 5. The summed E-state index contributed by atoms with van der Waals surface area (Å²) in [6, 6.07) is 10.4. The van der Waals surface area contributed by atoms with Crippen molar-refractivity contribution >= 4 is 23.3 Å². The van der Waals surface area contributed by atoms with E-state index in [1.54, 1.807) is 42.6 Å². The van der Waals surface area contributed by atoms with Crippen LogP contribution in [0.25, 0.3) is 0 Å². The molecule has 1 aromatic carbocycles. The van der Waals surface area contributed by atoms with Gasteiger partial charge >= 0.3 is 5.97 Å². The SMILES string of the molecule is COC(=O)c1ccc(Nc2ccnc(C(=O)NCCC3=CCCCC3)c2)cc1. The smallest absolute Gasteiger partial charge is 0.337 e. The zero-order valence-electron chi connectivity index (χ0n) is 16.0. The fourth-order valence-corrected chi connectivity index (χ4v) is 3.17. The van der Waals surface area contributed by atoms with Gasteiger partial charge in [-0.25, -0.2) is 4.79 Å². The number of amides is 1. The zero-order chi connectivity index (χ0) is 19.8. The van der Waals surface area contributed by atoms with E-state index < -0.39 is 0 Å². The number of pyridine rings is 1. The Morgan fingerprint density at radius 1 is 1.11 bits per heavy atom. The molecule has 1 aromatic heterocycles. The topological polar surface area (TPSA) is 80.3 Å². The highest BCUT2D eigenvalue weighted by molar-refractivity contribution is 5.93. The predicted octanol–water partition coefficient (Wildman–Crippen LogP) is 4.23. The van der Waals surface area contributed by atoms with Gasteiger partial charge in [-0.05, 0) is 68.5 Å². The molecule has 6 heteroatoms. The number of ether oxygens (including phenoxy) is 1. The summed E-state index contributed by atoms with van der Waals surface area (Å²) in [5, 5.41) is 6.15. The van der Waals surface area contributed by atoms with Gasteiger partial charge in [-0.15, -0.1) is 0 Å². The molecule has 0 fully saturated rings. The average molecular weight is 379 g/mol. The van der Waals surface area contributed by atoms with Crippen LogP contribution in [-0.4, -0.2) is 30.5 Å². The van der Waals surface area contributed by atoms with Gasteiger partial charge in [-0.3, -0.25) is 9.78 Å². The molecule has 0 spiro atoms. The van der Waals surface area contributed by atoms with E-state index in [0.717, 1.165) is 30.6 Å². The molecule has 6 nitrogen and oxygen atoms in total. The van der Waals surface area contributed by atoms with Gasteiger partial charge in [0.05, 0.1) is 12.7 Å². The molecule has 146 valence electrons. The second-order valence-corrected chi connectivity index (χ2v) is 6.74. The summed E-state index contributed by atoms with van der Waals surface area (Å²) >= 11 is 0. The standard InChI is InChI=1S/C22H25N3O3/c1-28-22(27)17-7-9-18(10-8-17)25-19-12-14-23-20(15-19)21(26)24-13-11-16-5-3-2-4-6-16/h5,7-10,12,14-15H,2-4,6,11,13H2,1H3,(H,23,25)(H,24,26). The number of anilines is 2. The van der Waals surface area contributed by atoms with Crippen molar-refractivity contribution in [2.45, 2.75) is 32.1 Å². The van der Waals surface area contributed by atoms with Crippen LogP contribution in [0.2, 0.25) is 0 Å². The Morgan fingerprint density at radius 3 is 2.64 bits per heavy atom. The van der Waals surface area contributed by atoms with Gasteiger partial charge in [0.1, 0.15) is 5.69 Å². The van der Waals surface area contributed by atoms with Crippen molar-refractivity contribution in [1.29, 1.82) is 0 Å². The number of allylic oxidation sites excluding steroid dienone is 1. The fraction of sp³-hybridized carbons (Fsp3) is 0.318. The largest absolute Gasteiger partial charge is 0.465 e. The molecule has 0 aliphatic heterocycles. The van der Waals surface area contributed by atoms with E-state index >= 15 is 0 Å². The van der Waals surface area contributed by atoms with E-state index in [9.17, 15) is 9.59 Å². The van der Waals surface area contributed by atoms with Crippen LogP contribution in [0, 0.1) is 0 Å². The lowest BCUT2D eigenvalue weighted by Crippen LogP contribution is -2.25. The quantitative estimate of drug-likeness (QED) is 0.556. The lowest BCUT2D eigenvalue weighted by molar-refractivity contribution is 0.0600. The Kier molecular flexibility index (Phi) is 6.78. The summed E-state index contributed by atoms with van der Waals surface area (Å²) in [5.41, 5.74) is 3.84. The minimum Gasteiger partial charge on any atom is -0.465 e. The maximum atomic E-state index is 12.4. The van der Waals surface area contributed by atoms with Crippen LogP contribution in [0.3, 0.4) is 0 Å². The Hall–Kier alpha value is -3.15. The number of hydrogen-bond donors (Lipinski definition) is 2. The molecule has 0 bridgehead atoms. The monoisotopic (exact) mass is 379 g/mol. The molecule has 0 radical (unpaired) electrons. The Bertz CT molecular complexity index is 860. The number of carbonyl (C=O) groups excluding carboxylic acids is 2. The number of nitrogens with zero attached hydrogens (tertiary/aromatic N) is 1. The van der Waals surface area contributed by atoms with Crippen molar-refractivity contribution in [1.82, 2.24) is 10.3 Å². The van der Waals surface area contributed by atoms with Crippen molar-refractivity contribution in [2.75, 3.05) is 19.0 Å². The molecule has 0 unspecified atom stereocenters. The number of esters is 1. The maximum Gasteiger partial charge on any atom is 0.337 e. The number of nitrogens with one attached hydrogen (secondary N) is 2. The van der Waals surface area contributed by atoms with Gasteiger partial charge < -0.3 is 15.4 Å². The molecule has 1 heterocycles. The van der Waals surface area contributed by atoms with Crippen LogP contribution in [-0.2, 0) is 4.74 Å². The van der Waals surface area contributed by atoms with Gasteiger partial charge in [-0.2, -0.15) is 0 Å². The van der Waals surface area contributed by atoms with Crippen LogP contribution in [0.1, 0.15) is 53.0 Å². The fourth-order valence-electron chi connectivity index (χ4n) is 3.17. The second kappa shape index (κ2) is 9.69. The van der Waals surface area contributed by atoms with Gasteiger partial charge in [0.2, 0.25) is 0 Å². The summed E-state index contributed by atoms with van der Waals surface area (Å²) in [7, 11) is 1.35. The zero-order valence-corrected chi connectivity index (χ0v) is 16.0. The first kappa shape index (κ1) is 19.6. The van der Waals surface area contributed by atoms with E-state index in [2.05, 4.69) is 21.7 Å². The highest BCUT2D eigenvalue weighted by Gasteiger charge is 2.10. The molecule has 0 saturated heterocycles. The third-order valence-corrected chi connectivity index (χ3v) is 4.70. The maximum absolute atomic E-state index is 12.4. The molecule has 0 saturated carbocycles. The van der Waals surface area contributed by atoms with E-state index in [1.165, 1.54) is 25.5 Å². The predicted molar refractivity (Wildman–Crippen MR) is 109 cm³/mol. The summed E-state index contributed by atoms with van der Waals surface area (Å²) in [5.74, 6) is -0.556. The van der Waals surface area contributed by atoms with Crippen LogP contribution in [0.15, 0.2) is 54.2 Å². The number of carbonyl (C=O) groups is 2. The molecule has 2 aromatic rings. The summed E-state index contributed by atoms with van der Waals surface area (Å²) in [6.07, 6.45) is 9.60. The average Bonchev–Trinajstić information content (AvgIpc) is 2.74. The van der Waals surface area contributed by atoms with Gasteiger partial charge in [0.25, 0.3) is 5.91 Å². The first-order valence-corrected chi connectivity index (χ1v) is 9.53. The second-order valence-electron chi connectivity index (χ2n) is 6.74. The number of benzene rings is 1. The lowest BCUT2D eigenvalue weighted by atomic mass is 9.97. The molecule has 1 amide bonds. The van der Waals surface area contributed by atoms with Gasteiger partial charge in [0, 0.05) is 24.1 Å². The number of aromatic nitrogens is 1.